The zero-order chi connectivity index (χ0) is 11.0. The van der Waals surface area contributed by atoms with E-state index in [0.717, 1.165) is 29.8 Å². The minimum atomic E-state index is 0.266. The lowest BCUT2D eigenvalue weighted by molar-refractivity contribution is 0.0973. The molecule has 0 saturated carbocycles. The number of nitrogens with zero attached hydrogens (tertiary/aromatic N) is 1. The van der Waals surface area contributed by atoms with Crippen molar-refractivity contribution in [3.8, 4) is 0 Å². The minimum Gasteiger partial charge on any atom is -0.293 e. The van der Waals surface area contributed by atoms with Gasteiger partial charge in [0.05, 0.1) is 6.54 Å². The van der Waals surface area contributed by atoms with Gasteiger partial charge >= 0.3 is 0 Å². The molecule has 0 atom stereocenters. The molecule has 2 nitrogen and oxygen atoms in total. The van der Waals surface area contributed by atoms with Crippen LogP contribution in [0.4, 0.5) is 0 Å². The number of carbonyl (C=O) groups is 1. The van der Waals surface area contributed by atoms with Crippen LogP contribution >= 0.6 is 0 Å². The number of hydrogen-bond donors (Lipinski definition) is 0. The van der Waals surface area contributed by atoms with Gasteiger partial charge in [0.25, 0.3) is 0 Å². The monoisotopic (exact) mass is 203 g/mol. The summed E-state index contributed by atoms with van der Waals surface area (Å²) in [5.74, 6) is 0.266. The molecule has 80 valence electrons. The molecular formula is C13H17NO. The highest BCUT2D eigenvalue weighted by atomic mass is 16.1. The third-order valence-corrected chi connectivity index (χ3v) is 2.86. The molecule has 0 aromatic heterocycles. The number of rotatable bonds is 3. The Morgan fingerprint density at radius 2 is 1.73 bits per heavy atom. The first kappa shape index (κ1) is 10.4. The van der Waals surface area contributed by atoms with E-state index in [-0.39, 0.29) is 5.78 Å². The average molecular weight is 203 g/mol. The van der Waals surface area contributed by atoms with Crippen LogP contribution in [0.1, 0.15) is 27.0 Å². The van der Waals surface area contributed by atoms with Gasteiger partial charge in [-0.25, -0.2) is 0 Å². The van der Waals surface area contributed by atoms with E-state index in [2.05, 4.69) is 24.0 Å². The predicted octanol–water partition coefficient (Wildman–Crippen LogP) is 2.11. The molecule has 1 heterocycles. The zero-order valence-electron chi connectivity index (χ0n) is 9.63. The Bertz CT molecular complexity index is 382. The normalized spacial score (nSPS) is 15.4. The lowest BCUT2D eigenvalue weighted by Gasteiger charge is -2.10. The van der Waals surface area contributed by atoms with Gasteiger partial charge in [0.15, 0.2) is 5.78 Å². The van der Waals surface area contributed by atoms with Gasteiger partial charge < -0.3 is 0 Å². The fourth-order valence-corrected chi connectivity index (χ4v) is 2.13. The highest BCUT2D eigenvalue weighted by molar-refractivity contribution is 6.00. The first-order chi connectivity index (χ1) is 7.08. The molecule has 1 aliphatic rings. The largest absolute Gasteiger partial charge is 0.293 e. The van der Waals surface area contributed by atoms with Crippen molar-refractivity contribution in [2.45, 2.75) is 20.8 Å². The van der Waals surface area contributed by atoms with Crippen LogP contribution in [0.3, 0.4) is 0 Å². The molecule has 0 radical (unpaired) electrons. The number of Topliss-reactive ketones (excluding diaryl/α,β-unsaturated/α-hetero) is 1. The molecule has 0 aliphatic carbocycles. The van der Waals surface area contributed by atoms with Crippen molar-refractivity contribution in [2.75, 3.05) is 19.6 Å². The predicted molar refractivity (Wildman–Crippen MR) is 61.4 cm³/mol. The molecule has 15 heavy (non-hydrogen) atoms. The first-order valence-corrected chi connectivity index (χ1v) is 5.41. The van der Waals surface area contributed by atoms with E-state index in [4.69, 9.17) is 0 Å². The Morgan fingerprint density at radius 1 is 1.20 bits per heavy atom. The van der Waals surface area contributed by atoms with Crippen molar-refractivity contribution >= 4 is 5.78 Å². The molecule has 2 heteroatoms. The molecule has 0 spiro atoms. The minimum absolute atomic E-state index is 0.266. The van der Waals surface area contributed by atoms with Gasteiger partial charge in [0.1, 0.15) is 0 Å². The van der Waals surface area contributed by atoms with E-state index in [1.54, 1.807) is 0 Å². The van der Waals surface area contributed by atoms with E-state index in [9.17, 15) is 4.79 Å². The lowest BCUT2D eigenvalue weighted by Crippen LogP contribution is -2.15. The summed E-state index contributed by atoms with van der Waals surface area (Å²) in [7, 11) is 0. The van der Waals surface area contributed by atoms with Crippen LogP contribution in [-0.2, 0) is 0 Å². The van der Waals surface area contributed by atoms with Crippen LogP contribution in [0, 0.1) is 20.8 Å². The summed E-state index contributed by atoms with van der Waals surface area (Å²) < 4.78 is 0. The molecule has 1 fully saturated rings. The molecule has 0 unspecified atom stereocenters. The Labute approximate surface area is 90.9 Å². The Hall–Kier alpha value is -1.15. The molecule has 1 saturated heterocycles. The van der Waals surface area contributed by atoms with E-state index in [1.807, 2.05) is 13.8 Å². The molecule has 0 N–H and O–H groups in total. The maximum atomic E-state index is 12.0. The van der Waals surface area contributed by atoms with Crippen molar-refractivity contribution in [2.24, 2.45) is 0 Å². The maximum Gasteiger partial charge on any atom is 0.177 e. The van der Waals surface area contributed by atoms with Crippen LogP contribution < -0.4 is 0 Å². The third-order valence-electron chi connectivity index (χ3n) is 2.86. The van der Waals surface area contributed by atoms with Gasteiger partial charge in [-0.2, -0.15) is 0 Å². The molecule has 1 aromatic rings. The molecule has 1 aromatic carbocycles. The second-order valence-electron chi connectivity index (χ2n) is 4.47. The van der Waals surface area contributed by atoms with Crippen molar-refractivity contribution in [1.29, 1.82) is 0 Å². The number of ketones is 1. The highest BCUT2D eigenvalue weighted by Crippen LogP contribution is 2.18. The van der Waals surface area contributed by atoms with Gasteiger partial charge in [-0.15, -0.1) is 0 Å². The number of hydrogen-bond acceptors (Lipinski definition) is 2. The molecule has 0 amide bonds. The lowest BCUT2D eigenvalue weighted by atomic mass is 9.96. The van der Waals surface area contributed by atoms with Crippen LogP contribution in [0.5, 0.6) is 0 Å². The summed E-state index contributed by atoms with van der Waals surface area (Å²) in [4.78, 5) is 14.2. The molecular weight excluding hydrogens is 186 g/mol. The maximum absolute atomic E-state index is 12.0. The number of carbonyl (C=O) groups excluding carboxylic acids is 1. The van der Waals surface area contributed by atoms with E-state index in [0.29, 0.717) is 6.54 Å². The second kappa shape index (κ2) is 3.78. The Balaban J connectivity index is 2.29. The van der Waals surface area contributed by atoms with Crippen LogP contribution in [-0.4, -0.2) is 30.3 Å². The van der Waals surface area contributed by atoms with Gasteiger partial charge in [-0.3, -0.25) is 9.69 Å². The summed E-state index contributed by atoms with van der Waals surface area (Å²) in [6, 6.07) is 4.17. The fraction of sp³-hybridized carbons (Fsp3) is 0.462. The summed E-state index contributed by atoms with van der Waals surface area (Å²) in [5, 5.41) is 0. The Morgan fingerprint density at radius 3 is 2.20 bits per heavy atom. The average Bonchev–Trinajstić information content (AvgIpc) is 2.85. The smallest absolute Gasteiger partial charge is 0.177 e. The highest BCUT2D eigenvalue weighted by Gasteiger charge is 2.22. The van der Waals surface area contributed by atoms with Crippen molar-refractivity contribution in [1.82, 2.24) is 4.90 Å². The topological polar surface area (TPSA) is 20.1 Å². The third kappa shape index (κ3) is 2.26. The van der Waals surface area contributed by atoms with Gasteiger partial charge in [0.2, 0.25) is 0 Å². The Kier molecular flexibility index (Phi) is 2.61. The van der Waals surface area contributed by atoms with Crippen LogP contribution in [0.15, 0.2) is 12.1 Å². The molecule has 0 bridgehead atoms. The first-order valence-electron chi connectivity index (χ1n) is 5.41. The van der Waals surface area contributed by atoms with E-state index in [1.165, 1.54) is 5.56 Å². The SMILES string of the molecule is Cc1cc(C)c(C(=O)CN2CC2)c(C)c1. The van der Waals surface area contributed by atoms with E-state index >= 15 is 0 Å². The van der Waals surface area contributed by atoms with Gasteiger partial charge in [-0.1, -0.05) is 17.7 Å². The summed E-state index contributed by atoms with van der Waals surface area (Å²) in [5.41, 5.74) is 4.37. The standard InChI is InChI=1S/C13H17NO/c1-9-6-10(2)13(11(3)7-9)12(15)8-14-4-5-14/h6-7H,4-5,8H2,1-3H3. The van der Waals surface area contributed by atoms with Crippen LogP contribution in [0.2, 0.25) is 0 Å². The fourth-order valence-electron chi connectivity index (χ4n) is 2.13. The van der Waals surface area contributed by atoms with Crippen molar-refractivity contribution in [3.63, 3.8) is 0 Å². The molecule has 2 rings (SSSR count). The van der Waals surface area contributed by atoms with E-state index < -0.39 is 0 Å². The second-order valence-corrected chi connectivity index (χ2v) is 4.47. The van der Waals surface area contributed by atoms with Crippen molar-refractivity contribution in [3.05, 3.63) is 34.4 Å². The van der Waals surface area contributed by atoms with Crippen LogP contribution in [0.25, 0.3) is 0 Å². The summed E-state index contributed by atoms with van der Waals surface area (Å²) >= 11 is 0. The molecule has 1 aliphatic heterocycles. The van der Waals surface area contributed by atoms with Gasteiger partial charge in [0, 0.05) is 18.7 Å². The zero-order valence-corrected chi connectivity index (χ0v) is 9.63. The van der Waals surface area contributed by atoms with Crippen molar-refractivity contribution < 1.29 is 4.79 Å². The number of aryl methyl sites for hydroxylation is 3. The quantitative estimate of drug-likeness (QED) is 0.554. The van der Waals surface area contributed by atoms with Gasteiger partial charge in [-0.05, 0) is 31.9 Å². The number of benzene rings is 1. The summed E-state index contributed by atoms with van der Waals surface area (Å²) in [6.07, 6.45) is 0. The summed E-state index contributed by atoms with van der Waals surface area (Å²) in [6.45, 7) is 8.86.